The molecule has 0 atom stereocenters. The predicted octanol–water partition coefficient (Wildman–Crippen LogP) is 2.98. The van der Waals surface area contributed by atoms with Crippen LogP contribution < -0.4 is 0 Å². The first kappa shape index (κ1) is 14.7. The van der Waals surface area contributed by atoms with Crippen molar-refractivity contribution in [2.24, 2.45) is 0 Å². The van der Waals surface area contributed by atoms with Gasteiger partial charge in [0.1, 0.15) is 6.61 Å². The molecular weight excluding hydrogens is 252 g/mol. The lowest BCUT2D eigenvalue weighted by atomic mass is 10.1. The van der Waals surface area contributed by atoms with Gasteiger partial charge in [-0.05, 0) is 33.8 Å². The van der Waals surface area contributed by atoms with Gasteiger partial charge in [0.25, 0.3) is 0 Å². The maximum atomic E-state index is 12.0. The molecule has 0 spiro atoms. The third-order valence-corrected chi connectivity index (χ3v) is 3.06. The lowest BCUT2D eigenvalue weighted by Crippen LogP contribution is -2.24. The van der Waals surface area contributed by atoms with E-state index in [4.69, 9.17) is 4.74 Å². The summed E-state index contributed by atoms with van der Waals surface area (Å²) < 4.78 is 7.46. The third kappa shape index (κ3) is 3.45. The molecule has 0 fully saturated rings. The summed E-state index contributed by atoms with van der Waals surface area (Å²) in [5, 5.41) is 5.59. The van der Waals surface area contributed by atoms with Crippen molar-refractivity contribution in [2.45, 2.75) is 46.3 Å². The Hall–Kier alpha value is -1.68. The minimum atomic E-state index is -0.291. The minimum Gasteiger partial charge on any atom is -0.368 e. The number of carbonyl (C=O) groups is 1. The molecule has 108 valence electrons. The lowest BCUT2D eigenvalue weighted by Gasteiger charge is -2.18. The molecule has 0 saturated heterocycles. The molecule has 2 rings (SSSR count). The molecular formula is C16H22N2O2. The normalized spacial score (nSPS) is 12.0. The van der Waals surface area contributed by atoms with E-state index in [-0.39, 0.29) is 18.0 Å². The van der Waals surface area contributed by atoms with Crippen LogP contribution in [0.25, 0.3) is 10.9 Å². The van der Waals surface area contributed by atoms with Crippen molar-refractivity contribution in [1.29, 1.82) is 0 Å². The Balaban J connectivity index is 2.15. The monoisotopic (exact) mass is 274 g/mol. The smallest absolute Gasteiger partial charge is 0.164 e. The van der Waals surface area contributed by atoms with Crippen molar-refractivity contribution < 1.29 is 9.53 Å². The topological polar surface area (TPSA) is 44.1 Å². The number of aromatic nitrogens is 2. The van der Waals surface area contributed by atoms with E-state index in [9.17, 15) is 4.79 Å². The van der Waals surface area contributed by atoms with E-state index in [1.807, 2.05) is 56.6 Å². The Morgan fingerprint density at radius 3 is 2.65 bits per heavy atom. The van der Waals surface area contributed by atoms with Crippen molar-refractivity contribution in [1.82, 2.24) is 9.78 Å². The number of ether oxygens (including phenoxy) is 1. The second-order valence-corrected chi connectivity index (χ2v) is 5.90. The highest BCUT2D eigenvalue weighted by Crippen LogP contribution is 2.19. The van der Waals surface area contributed by atoms with Crippen LogP contribution in [0.15, 0.2) is 24.3 Å². The zero-order chi connectivity index (χ0) is 14.8. The SMILES string of the molecule is CCn1nc(CC(=O)COC(C)(C)C)c2ccccc21. The fourth-order valence-corrected chi connectivity index (χ4v) is 2.10. The van der Waals surface area contributed by atoms with Crippen LogP contribution in [0.4, 0.5) is 0 Å². The summed E-state index contributed by atoms with van der Waals surface area (Å²) >= 11 is 0. The molecule has 1 aromatic heterocycles. The van der Waals surface area contributed by atoms with Crippen LogP contribution in [0.5, 0.6) is 0 Å². The summed E-state index contributed by atoms with van der Waals surface area (Å²) in [6.07, 6.45) is 0.323. The summed E-state index contributed by atoms with van der Waals surface area (Å²) in [6, 6.07) is 8.02. The number of fused-ring (bicyclic) bond motifs is 1. The first-order chi connectivity index (χ1) is 9.40. The number of ketones is 1. The molecule has 0 radical (unpaired) electrons. The molecule has 0 amide bonds. The molecule has 0 aliphatic rings. The Morgan fingerprint density at radius 2 is 2.00 bits per heavy atom. The number of rotatable bonds is 5. The Bertz CT molecular complexity index is 608. The van der Waals surface area contributed by atoms with Gasteiger partial charge in [-0.1, -0.05) is 18.2 Å². The number of carbonyl (C=O) groups excluding carboxylic acids is 1. The fraction of sp³-hybridized carbons (Fsp3) is 0.500. The standard InChI is InChI=1S/C16H22N2O2/c1-5-18-15-9-7-6-8-13(15)14(17-18)10-12(19)11-20-16(2,3)4/h6-9H,5,10-11H2,1-4H3. The van der Waals surface area contributed by atoms with Gasteiger partial charge in [0, 0.05) is 11.9 Å². The quantitative estimate of drug-likeness (QED) is 0.842. The van der Waals surface area contributed by atoms with E-state index in [2.05, 4.69) is 5.10 Å². The molecule has 4 nitrogen and oxygen atoms in total. The highest BCUT2D eigenvalue weighted by atomic mass is 16.5. The van der Waals surface area contributed by atoms with Crippen LogP contribution in [-0.4, -0.2) is 27.8 Å². The van der Waals surface area contributed by atoms with Crippen LogP contribution in [0.2, 0.25) is 0 Å². The van der Waals surface area contributed by atoms with Crippen LogP contribution in [0.3, 0.4) is 0 Å². The minimum absolute atomic E-state index is 0.0615. The molecule has 0 bridgehead atoms. The second kappa shape index (κ2) is 5.75. The second-order valence-electron chi connectivity index (χ2n) is 5.90. The average Bonchev–Trinajstić information content (AvgIpc) is 2.74. The van der Waals surface area contributed by atoms with Crippen LogP contribution >= 0.6 is 0 Å². The first-order valence-electron chi connectivity index (χ1n) is 7.01. The average molecular weight is 274 g/mol. The molecule has 4 heteroatoms. The molecule has 0 N–H and O–H groups in total. The molecule has 0 unspecified atom stereocenters. The van der Waals surface area contributed by atoms with Gasteiger partial charge in [0.2, 0.25) is 0 Å². The molecule has 2 aromatic rings. The number of Topliss-reactive ketones (excluding diaryl/α,β-unsaturated/α-hetero) is 1. The van der Waals surface area contributed by atoms with Crippen LogP contribution in [0, 0.1) is 0 Å². The number of nitrogens with zero attached hydrogens (tertiary/aromatic N) is 2. The molecule has 1 heterocycles. The number of hydrogen-bond donors (Lipinski definition) is 0. The molecule has 1 aromatic carbocycles. The number of aryl methyl sites for hydroxylation is 1. The van der Waals surface area contributed by atoms with Gasteiger partial charge < -0.3 is 4.74 Å². The first-order valence-corrected chi connectivity index (χ1v) is 7.01. The van der Waals surface area contributed by atoms with Crippen molar-refractivity contribution in [3.05, 3.63) is 30.0 Å². The van der Waals surface area contributed by atoms with Gasteiger partial charge in [0.05, 0.1) is 23.2 Å². The molecule has 0 aliphatic carbocycles. The maximum Gasteiger partial charge on any atom is 0.164 e. The van der Waals surface area contributed by atoms with Gasteiger partial charge >= 0.3 is 0 Å². The van der Waals surface area contributed by atoms with Crippen molar-refractivity contribution >= 4 is 16.7 Å². The van der Waals surface area contributed by atoms with Crippen LogP contribution in [0.1, 0.15) is 33.4 Å². The highest BCUT2D eigenvalue weighted by Gasteiger charge is 2.16. The van der Waals surface area contributed by atoms with E-state index < -0.39 is 0 Å². The summed E-state index contributed by atoms with van der Waals surface area (Å²) in [6.45, 7) is 8.82. The summed E-state index contributed by atoms with van der Waals surface area (Å²) in [7, 11) is 0. The number of hydrogen-bond acceptors (Lipinski definition) is 3. The van der Waals surface area contributed by atoms with Gasteiger partial charge in [-0.3, -0.25) is 9.48 Å². The van der Waals surface area contributed by atoms with Gasteiger partial charge in [-0.15, -0.1) is 0 Å². The largest absolute Gasteiger partial charge is 0.368 e. The van der Waals surface area contributed by atoms with E-state index in [0.717, 1.165) is 23.1 Å². The third-order valence-electron chi connectivity index (χ3n) is 3.06. The predicted molar refractivity (Wildman–Crippen MR) is 79.8 cm³/mol. The summed E-state index contributed by atoms with van der Waals surface area (Å²) in [5.41, 5.74) is 1.63. The van der Waals surface area contributed by atoms with Crippen molar-refractivity contribution in [3.8, 4) is 0 Å². The Morgan fingerprint density at radius 1 is 1.30 bits per heavy atom. The maximum absolute atomic E-state index is 12.0. The Labute approximate surface area is 119 Å². The number of benzene rings is 1. The van der Waals surface area contributed by atoms with Gasteiger partial charge in [0.15, 0.2) is 5.78 Å². The van der Waals surface area contributed by atoms with Gasteiger partial charge in [-0.25, -0.2) is 0 Å². The molecule has 0 saturated carbocycles. The Kier molecular flexibility index (Phi) is 4.23. The van der Waals surface area contributed by atoms with Crippen molar-refractivity contribution in [3.63, 3.8) is 0 Å². The van der Waals surface area contributed by atoms with E-state index in [0.29, 0.717) is 6.42 Å². The zero-order valence-electron chi connectivity index (χ0n) is 12.6. The highest BCUT2D eigenvalue weighted by molar-refractivity contribution is 5.89. The lowest BCUT2D eigenvalue weighted by molar-refractivity contribution is -0.127. The summed E-state index contributed by atoms with van der Waals surface area (Å²) in [4.78, 5) is 12.0. The number of para-hydroxylation sites is 1. The van der Waals surface area contributed by atoms with E-state index >= 15 is 0 Å². The molecule has 0 aliphatic heterocycles. The van der Waals surface area contributed by atoms with Crippen LogP contribution in [-0.2, 0) is 22.5 Å². The van der Waals surface area contributed by atoms with Crippen molar-refractivity contribution in [2.75, 3.05) is 6.61 Å². The van der Waals surface area contributed by atoms with E-state index in [1.165, 1.54) is 0 Å². The molecule has 20 heavy (non-hydrogen) atoms. The summed E-state index contributed by atoms with van der Waals surface area (Å²) in [5.74, 6) is 0.0615. The zero-order valence-corrected chi connectivity index (χ0v) is 12.6. The fourth-order valence-electron chi connectivity index (χ4n) is 2.10. The van der Waals surface area contributed by atoms with Gasteiger partial charge in [-0.2, -0.15) is 5.10 Å². The van der Waals surface area contributed by atoms with E-state index in [1.54, 1.807) is 0 Å².